The lowest BCUT2D eigenvalue weighted by Gasteiger charge is -2.10. The molecule has 62 valence electrons. The average molecular weight is 148 g/mol. The van der Waals surface area contributed by atoms with Gasteiger partial charge in [-0.15, -0.1) is 0 Å². The van der Waals surface area contributed by atoms with Gasteiger partial charge in [-0.1, -0.05) is 19.8 Å². The van der Waals surface area contributed by atoms with Crippen molar-refractivity contribution in [3.05, 3.63) is 0 Å². The van der Waals surface area contributed by atoms with Gasteiger partial charge in [0, 0.05) is 6.42 Å². The fourth-order valence-electron chi connectivity index (χ4n) is 0.801. The van der Waals surface area contributed by atoms with E-state index in [9.17, 15) is 0 Å². The zero-order valence-electron chi connectivity index (χ0n) is 6.32. The second kappa shape index (κ2) is 5.65. The molecule has 3 N–H and O–H groups in total. The van der Waals surface area contributed by atoms with Crippen LogP contribution in [0.2, 0.25) is 0 Å². The minimum absolute atomic E-state index is 0.0694. The number of aliphatic hydroxyl groups excluding tert-OH is 2. The summed E-state index contributed by atoms with van der Waals surface area (Å²) >= 11 is 0. The van der Waals surface area contributed by atoms with Crippen LogP contribution in [0.3, 0.4) is 0 Å². The highest BCUT2D eigenvalue weighted by Crippen LogP contribution is 2.05. The van der Waals surface area contributed by atoms with Crippen LogP contribution in [0.1, 0.15) is 32.6 Å². The first-order chi connectivity index (χ1) is 4.66. The summed E-state index contributed by atoms with van der Waals surface area (Å²) in [5.41, 5.74) is 0. The Kier molecular flexibility index (Phi) is 5.58. The van der Waals surface area contributed by atoms with Gasteiger partial charge in [0.2, 0.25) is 0 Å². The Morgan fingerprint density at radius 2 is 1.80 bits per heavy atom. The van der Waals surface area contributed by atoms with Gasteiger partial charge in [-0.3, -0.25) is 0 Å². The molecule has 0 aromatic carbocycles. The predicted molar refractivity (Wildman–Crippen MR) is 38.4 cm³/mol. The maximum Gasteiger partial charge on any atom is 0.153 e. The molecule has 0 rings (SSSR count). The van der Waals surface area contributed by atoms with E-state index in [2.05, 4.69) is 0 Å². The monoisotopic (exact) mass is 148 g/mol. The third-order valence-corrected chi connectivity index (χ3v) is 1.37. The fourth-order valence-corrected chi connectivity index (χ4v) is 0.801. The van der Waals surface area contributed by atoms with Gasteiger partial charge < -0.3 is 15.3 Å². The predicted octanol–water partition coefficient (Wildman–Crippen LogP) is 0.238. The van der Waals surface area contributed by atoms with Crippen molar-refractivity contribution in [3.8, 4) is 0 Å². The highest BCUT2D eigenvalue weighted by atomic mass is 16.5. The molecule has 0 heterocycles. The molecule has 1 atom stereocenters. The molecule has 0 aromatic rings. The topological polar surface area (TPSA) is 60.7 Å². The van der Waals surface area contributed by atoms with Crippen molar-refractivity contribution in [1.82, 2.24) is 0 Å². The molecule has 0 saturated carbocycles. The van der Waals surface area contributed by atoms with Crippen LogP contribution in [0.25, 0.3) is 0 Å². The van der Waals surface area contributed by atoms with Crippen molar-refractivity contribution in [1.29, 1.82) is 0 Å². The lowest BCUT2D eigenvalue weighted by Crippen LogP contribution is -2.16. The number of hydrogen-bond donors (Lipinski definition) is 3. The molecule has 10 heavy (non-hydrogen) atoms. The molecule has 1 unspecified atom stereocenters. The van der Waals surface area contributed by atoms with Gasteiger partial charge in [0.1, 0.15) is 0 Å². The van der Waals surface area contributed by atoms with E-state index in [4.69, 9.17) is 15.3 Å². The van der Waals surface area contributed by atoms with Crippen LogP contribution >= 0.6 is 0 Å². The Morgan fingerprint density at radius 3 is 2.20 bits per heavy atom. The molecule has 0 amide bonds. The normalized spacial score (nSPS) is 14.1. The van der Waals surface area contributed by atoms with Gasteiger partial charge in [-0.2, -0.15) is 0 Å². The van der Waals surface area contributed by atoms with Crippen LogP contribution in [0.5, 0.6) is 0 Å². The molecular formula is C7H16O3. The van der Waals surface area contributed by atoms with Crippen LogP contribution in [0, 0.1) is 0 Å². The first-order valence-electron chi connectivity index (χ1n) is 3.71. The molecule has 0 aliphatic rings. The van der Waals surface area contributed by atoms with Crippen molar-refractivity contribution in [3.63, 3.8) is 0 Å². The molecule has 0 radical (unpaired) electrons. The van der Waals surface area contributed by atoms with Crippen LogP contribution < -0.4 is 0 Å². The molecule has 0 saturated heterocycles. The fraction of sp³-hybridized carbons (Fsp3) is 1.00. The molecule has 0 aromatic heterocycles. The SMILES string of the molecule is CCCCC(O)CC(O)O. The quantitative estimate of drug-likeness (QED) is 0.489. The van der Waals surface area contributed by atoms with Gasteiger partial charge in [0.25, 0.3) is 0 Å². The molecule has 0 spiro atoms. The second-order valence-corrected chi connectivity index (χ2v) is 2.51. The van der Waals surface area contributed by atoms with Crippen molar-refractivity contribution < 1.29 is 15.3 Å². The standard InChI is InChI=1S/C7H16O3/c1-2-3-4-6(8)5-7(9)10/h6-10H,2-5H2,1H3. The molecule has 0 aliphatic carbocycles. The minimum atomic E-state index is -1.37. The highest BCUT2D eigenvalue weighted by Gasteiger charge is 2.07. The summed E-state index contributed by atoms with van der Waals surface area (Å²) < 4.78 is 0. The molecule has 3 nitrogen and oxygen atoms in total. The van der Waals surface area contributed by atoms with Crippen molar-refractivity contribution in [2.75, 3.05) is 0 Å². The maximum absolute atomic E-state index is 9.03. The Hall–Kier alpha value is -0.120. The Bertz CT molecular complexity index is 73.3. The summed E-state index contributed by atoms with van der Waals surface area (Å²) in [7, 11) is 0. The van der Waals surface area contributed by atoms with Crippen LogP contribution in [0.15, 0.2) is 0 Å². The summed E-state index contributed by atoms with van der Waals surface area (Å²) in [4.78, 5) is 0. The summed E-state index contributed by atoms with van der Waals surface area (Å²) in [6, 6.07) is 0. The van der Waals surface area contributed by atoms with E-state index in [1.165, 1.54) is 0 Å². The van der Waals surface area contributed by atoms with Crippen LogP contribution in [0.4, 0.5) is 0 Å². The van der Waals surface area contributed by atoms with E-state index in [-0.39, 0.29) is 6.42 Å². The second-order valence-electron chi connectivity index (χ2n) is 2.51. The van der Waals surface area contributed by atoms with E-state index in [1.54, 1.807) is 0 Å². The molecule has 0 aliphatic heterocycles. The summed E-state index contributed by atoms with van der Waals surface area (Å²) in [6.45, 7) is 2.03. The highest BCUT2D eigenvalue weighted by molar-refractivity contribution is 4.55. The van der Waals surface area contributed by atoms with Crippen molar-refractivity contribution >= 4 is 0 Å². The van der Waals surface area contributed by atoms with Crippen LogP contribution in [-0.4, -0.2) is 27.7 Å². The largest absolute Gasteiger partial charge is 0.393 e. The van der Waals surface area contributed by atoms with E-state index >= 15 is 0 Å². The van der Waals surface area contributed by atoms with Crippen LogP contribution in [-0.2, 0) is 0 Å². The molecule has 0 fully saturated rings. The average Bonchev–Trinajstić information content (AvgIpc) is 1.82. The summed E-state index contributed by atoms with van der Waals surface area (Å²) in [6.07, 6.45) is 0.771. The number of unbranched alkanes of at least 4 members (excludes halogenated alkanes) is 1. The number of hydrogen-bond acceptors (Lipinski definition) is 3. The van der Waals surface area contributed by atoms with E-state index in [0.29, 0.717) is 6.42 Å². The lowest BCUT2D eigenvalue weighted by molar-refractivity contribution is -0.0708. The zero-order chi connectivity index (χ0) is 7.98. The number of rotatable bonds is 5. The molecule has 0 bridgehead atoms. The van der Waals surface area contributed by atoms with E-state index in [1.807, 2.05) is 6.92 Å². The van der Waals surface area contributed by atoms with Crippen molar-refractivity contribution in [2.45, 2.75) is 45.0 Å². The Balaban J connectivity index is 3.16. The summed E-state index contributed by atoms with van der Waals surface area (Å²) in [5, 5.41) is 25.9. The maximum atomic E-state index is 9.03. The Labute approximate surface area is 61.3 Å². The zero-order valence-corrected chi connectivity index (χ0v) is 6.32. The minimum Gasteiger partial charge on any atom is -0.393 e. The van der Waals surface area contributed by atoms with Crippen molar-refractivity contribution in [2.24, 2.45) is 0 Å². The van der Waals surface area contributed by atoms with Gasteiger partial charge in [-0.05, 0) is 6.42 Å². The number of aliphatic hydroxyl groups is 3. The third kappa shape index (κ3) is 6.01. The van der Waals surface area contributed by atoms with Gasteiger partial charge >= 0.3 is 0 Å². The third-order valence-electron chi connectivity index (χ3n) is 1.37. The summed E-state index contributed by atoms with van der Waals surface area (Å²) in [5.74, 6) is 0. The van der Waals surface area contributed by atoms with Gasteiger partial charge in [0.15, 0.2) is 6.29 Å². The van der Waals surface area contributed by atoms with Gasteiger partial charge in [-0.25, -0.2) is 0 Å². The smallest absolute Gasteiger partial charge is 0.153 e. The molecule has 3 heteroatoms. The van der Waals surface area contributed by atoms with E-state index < -0.39 is 12.4 Å². The molecular weight excluding hydrogens is 132 g/mol. The first-order valence-corrected chi connectivity index (χ1v) is 3.71. The lowest BCUT2D eigenvalue weighted by atomic mass is 10.1. The first kappa shape index (κ1) is 9.88. The van der Waals surface area contributed by atoms with E-state index in [0.717, 1.165) is 12.8 Å². The Morgan fingerprint density at radius 1 is 1.20 bits per heavy atom. The van der Waals surface area contributed by atoms with Gasteiger partial charge in [0.05, 0.1) is 6.10 Å².